The van der Waals surface area contributed by atoms with Gasteiger partial charge in [-0.1, -0.05) is 0 Å². The molecule has 164 valence electrons. The molecule has 0 spiro atoms. The second-order valence-electron chi connectivity index (χ2n) is 6.63. The Morgan fingerprint density at radius 2 is 1.43 bits per heavy atom. The number of benzene rings is 2. The predicted molar refractivity (Wildman–Crippen MR) is 103 cm³/mol. The highest BCUT2D eigenvalue weighted by atomic mass is 19.4. The minimum absolute atomic E-state index is 0.223. The molecule has 0 aromatic heterocycles. The summed E-state index contributed by atoms with van der Waals surface area (Å²) < 4.78 is 58.5. The first kappa shape index (κ1) is 23.4. The van der Waals surface area contributed by atoms with Crippen molar-refractivity contribution in [2.45, 2.75) is 19.1 Å². The Hall–Kier alpha value is -2.88. The molecule has 10 heteroatoms. The largest absolute Gasteiger partial charge is 0.490 e. The molecule has 2 aromatic carbocycles. The van der Waals surface area contributed by atoms with Crippen molar-refractivity contribution in [2.24, 2.45) is 5.73 Å². The van der Waals surface area contributed by atoms with E-state index in [0.29, 0.717) is 6.54 Å². The normalized spacial score (nSPS) is 14.6. The van der Waals surface area contributed by atoms with E-state index in [1.54, 1.807) is 18.2 Å². The molecule has 5 nitrogen and oxygen atoms in total. The van der Waals surface area contributed by atoms with Gasteiger partial charge in [-0.25, -0.2) is 13.6 Å². The van der Waals surface area contributed by atoms with Crippen molar-refractivity contribution in [3.63, 3.8) is 0 Å². The molecule has 0 aliphatic carbocycles. The Morgan fingerprint density at radius 1 is 0.900 bits per heavy atom. The zero-order chi connectivity index (χ0) is 22.3. The molecule has 0 bridgehead atoms. The Labute approximate surface area is 170 Å². The summed E-state index contributed by atoms with van der Waals surface area (Å²) in [5.41, 5.74) is 8.34. The topological polar surface area (TPSA) is 69.8 Å². The van der Waals surface area contributed by atoms with Gasteiger partial charge in [-0.2, -0.15) is 13.2 Å². The molecule has 1 aliphatic heterocycles. The lowest BCUT2D eigenvalue weighted by atomic mass is 10.1. The third-order valence-electron chi connectivity index (χ3n) is 4.47. The van der Waals surface area contributed by atoms with Gasteiger partial charge in [0, 0.05) is 44.1 Å². The first-order chi connectivity index (χ1) is 14.1. The molecule has 3 rings (SSSR count). The molecule has 1 heterocycles. The lowest BCUT2D eigenvalue weighted by molar-refractivity contribution is -0.192. The van der Waals surface area contributed by atoms with Gasteiger partial charge in [0.05, 0.1) is 0 Å². The van der Waals surface area contributed by atoms with Gasteiger partial charge in [0.25, 0.3) is 0 Å². The van der Waals surface area contributed by atoms with Crippen LogP contribution in [0.15, 0.2) is 42.5 Å². The standard InChI is InChI=1S/C18H21F2N3.C2HF3O2/c19-15-2-4-17(5-3-15)22-6-1-7-23(9-8-22)18-11-14(13-21)10-16(20)12-18;3-2(4,5)1(6)7/h2-5,10-12H,1,6-9,13,21H2;(H,6,7). The molecule has 1 aliphatic rings. The van der Waals surface area contributed by atoms with Gasteiger partial charge in [0.2, 0.25) is 0 Å². The number of carbonyl (C=O) groups is 1. The van der Waals surface area contributed by atoms with Gasteiger partial charge in [0.1, 0.15) is 11.6 Å². The average Bonchev–Trinajstić information content (AvgIpc) is 2.94. The van der Waals surface area contributed by atoms with Crippen LogP contribution in [0.3, 0.4) is 0 Å². The van der Waals surface area contributed by atoms with Gasteiger partial charge in [-0.15, -0.1) is 0 Å². The van der Waals surface area contributed by atoms with Crippen LogP contribution in [-0.4, -0.2) is 43.4 Å². The van der Waals surface area contributed by atoms with Crippen molar-refractivity contribution < 1.29 is 31.9 Å². The molecule has 30 heavy (non-hydrogen) atoms. The van der Waals surface area contributed by atoms with Crippen molar-refractivity contribution in [2.75, 3.05) is 36.0 Å². The highest BCUT2D eigenvalue weighted by Crippen LogP contribution is 2.22. The predicted octanol–water partition coefficient (Wildman–Crippen LogP) is 3.77. The van der Waals surface area contributed by atoms with Gasteiger partial charge in [-0.05, 0) is 54.4 Å². The number of halogens is 5. The number of alkyl halides is 3. The molecule has 1 fully saturated rings. The maximum atomic E-state index is 13.7. The molecule has 0 saturated carbocycles. The number of anilines is 2. The fourth-order valence-electron chi connectivity index (χ4n) is 3.02. The van der Waals surface area contributed by atoms with Crippen LogP contribution in [0.2, 0.25) is 0 Å². The minimum Gasteiger partial charge on any atom is -0.475 e. The van der Waals surface area contributed by atoms with Crippen molar-refractivity contribution in [3.05, 3.63) is 59.7 Å². The Kier molecular flexibility index (Phi) is 7.99. The highest BCUT2D eigenvalue weighted by molar-refractivity contribution is 5.73. The van der Waals surface area contributed by atoms with Gasteiger partial charge in [0.15, 0.2) is 0 Å². The molecule has 1 saturated heterocycles. The van der Waals surface area contributed by atoms with Crippen LogP contribution in [0.1, 0.15) is 12.0 Å². The molecular formula is C20H22F5N3O2. The lowest BCUT2D eigenvalue weighted by Gasteiger charge is -2.25. The number of nitrogens with zero attached hydrogens (tertiary/aromatic N) is 2. The summed E-state index contributed by atoms with van der Waals surface area (Å²) in [5.74, 6) is -3.23. The molecule has 0 amide bonds. The monoisotopic (exact) mass is 431 g/mol. The maximum Gasteiger partial charge on any atom is 0.490 e. The van der Waals surface area contributed by atoms with Crippen molar-refractivity contribution in [1.82, 2.24) is 0 Å². The van der Waals surface area contributed by atoms with Crippen molar-refractivity contribution >= 4 is 17.3 Å². The van der Waals surface area contributed by atoms with Crippen LogP contribution in [0.4, 0.5) is 33.3 Å². The number of hydrogen-bond acceptors (Lipinski definition) is 4. The summed E-state index contributed by atoms with van der Waals surface area (Å²) in [6.07, 6.45) is -4.12. The van der Waals surface area contributed by atoms with Crippen LogP contribution in [0.25, 0.3) is 0 Å². The first-order valence-corrected chi connectivity index (χ1v) is 9.15. The summed E-state index contributed by atoms with van der Waals surface area (Å²) in [6, 6.07) is 11.6. The zero-order valence-corrected chi connectivity index (χ0v) is 16.0. The van der Waals surface area contributed by atoms with E-state index in [0.717, 1.165) is 49.5 Å². The number of rotatable bonds is 3. The number of carboxylic acids is 1. The van der Waals surface area contributed by atoms with E-state index in [-0.39, 0.29) is 11.6 Å². The zero-order valence-electron chi connectivity index (χ0n) is 16.0. The average molecular weight is 431 g/mol. The fourth-order valence-corrected chi connectivity index (χ4v) is 3.02. The smallest absolute Gasteiger partial charge is 0.475 e. The first-order valence-electron chi connectivity index (χ1n) is 9.15. The van der Waals surface area contributed by atoms with E-state index in [1.165, 1.54) is 18.2 Å². The fraction of sp³-hybridized carbons (Fsp3) is 0.350. The van der Waals surface area contributed by atoms with Crippen molar-refractivity contribution in [3.8, 4) is 0 Å². The Morgan fingerprint density at radius 3 is 1.93 bits per heavy atom. The molecule has 0 radical (unpaired) electrons. The van der Waals surface area contributed by atoms with E-state index in [9.17, 15) is 22.0 Å². The van der Waals surface area contributed by atoms with Crippen LogP contribution in [0, 0.1) is 11.6 Å². The Bertz CT molecular complexity index is 843. The summed E-state index contributed by atoms with van der Waals surface area (Å²) in [6.45, 7) is 3.72. The third kappa shape index (κ3) is 6.87. The summed E-state index contributed by atoms with van der Waals surface area (Å²) in [4.78, 5) is 13.3. The maximum absolute atomic E-state index is 13.7. The van der Waals surface area contributed by atoms with E-state index in [4.69, 9.17) is 15.6 Å². The van der Waals surface area contributed by atoms with E-state index in [1.807, 2.05) is 6.07 Å². The van der Waals surface area contributed by atoms with Crippen LogP contribution in [0.5, 0.6) is 0 Å². The highest BCUT2D eigenvalue weighted by Gasteiger charge is 2.38. The number of nitrogens with two attached hydrogens (primary N) is 1. The van der Waals surface area contributed by atoms with E-state index >= 15 is 0 Å². The SMILES string of the molecule is NCc1cc(F)cc(N2CCCN(c3ccc(F)cc3)CC2)c1.O=C(O)C(F)(F)F. The van der Waals surface area contributed by atoms with Crippen LogP contribution < -0.4 is 15.5 Å². The van der Waals surface area contributed by atoms with Gasteiger partial charge < -0.3 is 20.6 Å². The third-order valence-corrected chi connectivity index (χ3v) is 4.47. The van der Waals surface area contributed by atoms with Crippen LogP contribution in [-0.2, 0) is 11.3 Å². The van der Waals surface area contributed by atoms with Crippen LogP contribution >= 0.6 is 0 Å². The molecule has 2 aromatic rings. The van der Waals surface area contributed by atoms with E-state index < -0.39 is 12.1 Å². The molecule has 0 atom stereocenters. The molecule has 3 N–H and O–H groups in total. The quantitative estimate of drug-likeness (QED) is 0.724. The van der Waals surface area contributed by atoms with E-state index in [2.05, 4.69) is 9.80 Å². The summed E-state index contributed by atoms with van der Waals surface area (Å²) in [7, 11) is 0. The molecular weight excluding hydrogens is 409 g/mol. The summed E-state index contributed by atoms with van der Waals surface area (Å²) >= 11 is 0. The van der Waals surface area contributed by atoms with Gasteiger partial charge >= 0.3 is 12.1 Å². The second-order valence-corrected chi connectivity index (χ2v) is 6.63. The Balaban J connectivity index is 0.000000396. The minimum atomic E-state index is -5.08. The number of hydrogen-bond donors (Lipinski definition) is 2. The summed E-state index contributed by atoms with van der Waals surface area (Å²) in [5, 5.41) is 7.12. The molecule has 0 unspecified atom stereocenters. The van der Waals surface area contributed by atoms with Crippen molar-refractivity contribution in [1.29, 1.82) is 0 Å². The number of carboxylic acid groups (broad SMARTS) is 1. The van der Waals surface area contributed by atoms with Gasteiger partial charge in [-0.3, -0.25) is 0 Å². The second kappa shape index (κ2) is 10.2. The number of aliphatic carboxylic acids is 1. The lowest BCUT2D eigenvalue weighted by Crippen LogP contribution is -2.30.